The van der Waals surface area contributed by atoms with Crippen LogP contribution in [0.3, 0.4) is 0 Å². The van der Waals surface area contributed by atoms with Crippen LogP contribution in [0.15, 0.2) is 0 Å². The molecule has 0 rings (SSSR count). The summed E-state index contributed by atoms with van der Waals surface area (Å²) >= 11 is 0. The summed E-state index contributed by atoms with van der Waals surface area (Å²) in [4.78, 5) is 0. The highest BCUT2D eigenvalue weighted by molar-refractivity contribution is 4.60. The van der Waals surface area contributed by atoms with E-state index >= 15 is 0 Å². The lowest BCUT2D eigenvalue weighted by molar-refractivity contribution is 0.0167. The Bertz CT molecular complexity index is 194. The van der Waals surface area contributed by atoms with Crippen LogP contribution in [0.1, 0.15) is 103 Å². The van der Waals surface area contributed by atoms with Gasteiger partial charge in [0.25, 0.3) is 0 Å². The van der Waals surface area contributed by atoms with Gasteiger partial charge in [0.1, 0.15) is 0 Å². The van der Waals surface area contributed by atoms with E-state index in [0.29, 0.717) is 12.7 Å². The summed E-state index contributed by atoms with van der Waals surface area (Å²) in [5.41, 5.74) is 0. The van der Waals surface area contributed by atoms with Gasteiger partial charge < -0.3 is 9.84 Å². The first-order valence-corrected chi connectivity index (χ1v) is 9.86. The zero-order valence-corrected chi connectivity index (χ0v) is 15.2. The van der Waals surface area contributed by atoms with E-state index in [-0.39, 0.29) is 6.61 Å². The summed E-state index contributed by atoms with van der Waals surface area (Å²) in [5, 5.41) is 8.93. The third-order valence-corrected chi connectivity index (χ3v) is 4.35. The van der Waals surface area contributed by atoms with Gasteiger partial charge in [-0.15, -0.1) is 0 Å². The second-order valence-electron chi connectivity index (χ2n) is 6.54. The van der Waals surface area contributed by atoms with Gasteiger partial charge in [-0.25, -0.2) is 0 Å². The van der Waals surface area contributed by atoms with Crippen molar-refractivity contribution < 1.29 is 9.84 Å². The smallest absolute Gasteiger partial charge is 0.0701 e. The van der Waals surface area contributed by atoms with Crippen LogP contribution in [0.2, 0.25) is 0 Å². The van der Waals surface area contributed by atoms with E-state index in [0.717, 1.165) is 6.42 Å². The Balaban J connectivity index is 3.48. The quantitative estimate of drug-likeness (QED) is 0.311. The molecule has 0 saturated carbocycles. The van der Waals surface area contributed by atoms with Crippen LogP contribution in [0.5, 0.6) is 0 Å². The molecule has 1 unspecified atom stereocenters. The molecule has 2 nitrogen and oxygen atoms in total. The summed E-state index contributed by atoms with van der Waals surface area (Å²) in [7, 11) is 0. The standard InChI is InChI=1S/C20H41O2/c1-3-5-7-9-10-11-12-13-15-17-20(22-19-18-21)16-14-8-6-4-2/h20-21H,1,3-19H2,2H3. The molecule has 0 aromatic heterocycles. The monoisotopic (exact) mass is 313 g/mol. The summed E-state index contributed by atoms with van der Waals surface area (Å²) in [6, 6.07) is 0. The topological polar surface area (TPSA) is 29.5 Å². The zero-order valence-electron chi connectivity index (χ0n) is 15.2. The summed E-state index contributed by atoms with van der Waals surface area (Å²) in [6.45, 7) is 6.79. The van der Waals surface area contributed by atoms with Crippen LogP contribution >= 0.6 is 0 Å². The highest BCUT2D eigenvalue weighted by Crippen LogP contribution is 2.16. The molecule has 0 aromatic carbocycles. The maximum atomic E-state index is 8.93. The maximum Gasteiger partial charge on any atom is 0.0701 e. The van der Waals surface area contributed by atoms with Gasteiger partial charge in [-0.05, 0) is 12.8 Å². The van der Waals surface area contributed by atoms with Crippen molar-refractivity contribution in [2.75, 3.05) is 13.2 Å². The molecule has 0 amide bonds. The normalized spacial score (nSPS) is 12.7. The molecule has 1 N–H and O–H groups in total. The minimum atomic E-state index is 0.152. The van der Waals surface area contributed by atoms with Crippen molar-refractivity contribution >= 4 is 0 Å². The van der Waals surface area contributed by atoms with Gasteiger partial charge in [-0.1, -0.05) is 97.3 Å². The molecular formula is C20H41O2. The number of aliphatic hydroxyl groups is 1. The summed E-state index contributed by atoms with van der Waals surface area (Å²) < 4.78 is 5.79. The first-order valence-electron chi connectivity index (χ1n) is 9.86. The number of rotatable bonds is 18. The third kappa shape index (κ3) is 16.3. The number of aliphatic hydroxyl groups excluding tert-OH is 1. The first kappa shape index (κ1) is 21.9. The lowest BCUT2D eigenvalue weighted by Crippen LogP contribution is -2.15. The molecule has 133 valence electrons. The van der Waals surface area contributed by atoms with E-state index in [1.165, 1.54) is 89.9 Å². The predicted molar refractivity (Wildman–Crippen MR) is 97.1 cm³/mol. The van der Waals surface area contributed by atoms with Crippen molar-refractivity contribution in [2.24, 2.45) is 0 Å². The van der Waals surface area contributed by atoms with E-state index in [1.54, 1.807) is 0 Å². The molecule has 0 aliphatic carbocycles. The van der Waals surface area contributed by atoms with Crippen molar-refractivity contribution in [2.45, 2.75) is 109 Å². The largest absolute Gasteiger partial charge is 0.394 e. The molecular weight excluding hydrogens is 272 g/mol. The lowest BCUT2D eigenvalue weighted by Gasteiger charge is -2.17. The molecule has 22 heavy (non-hydrogen) atoms. The van der Waals surface area contributed by atoms with E-state index in [1.807, 2.05) is 0 Å². The van der Waals surface area contributed by atoms with Gasteiger partial charge >= 0.3 is 0 Å². The minimum Gasteiger partial charge on any atom is -0.394 e. The first-order chi connectivity index (χ1) is 10.8. The number of ether oxygens (including phenoxy) is 1. The molecule has 0 saturated heterocycles. The summed E-state index contributed by atoms with van der Waals surface area (Å²) in [6.07, 6.45) is 19.8. The average Bonchev–Trinajstić information content (AvgIpc) is 2.54. The molecule has 2 heteroatoms. The zero-order chi connectivity index (χ0) is 16.3. The van der Waals surface area contributed by atoms with Crippen molar-refractivity contribution in [1.82, 2.24) is 0 Å². The molecule has 0 aliphatic rings. The van der Waals surface area contributed by atoms with Crippen LogP contribution < -0.4 is 0 Å². The molecule has 0 fully saturated rings. The highest BCUT2D eigenvalue weighted by Gasteiger charge is 2.08. The van der Waals surface area contributed by atoms with Crippen LogP contribution in [0.4, 0.5) is 0 Å². The van der Waals surface area contributed by atoms with Gasteiger partial charge in [0.15, 0.2) is 0 Å². The van der Waals surface area contributed by atoms with Crippen LogP contribution in [-0.4, -0.2) is 24.4 Å². The number of hydrogen-bond acceptors (Lipinski definition) is 2. The highest BCUT2D eigenvalue weighted by atomic mass is 16.5. The van der Waals surface area contributed by atoms with Gasteiger partial charge in [0.2, 0.25) is 0 Å². The van der Waals surface area contributed by atoms with E-state index < -0.39 is 0 Å². The molecule has 0 aromatic rings. The fourth-order valence-electron chi connectivity index (χ4n) is 2.94. The molecule has 0 aliphatic heterocycles. The maximum absolute atomic E-state index is 8.93. The van der Waals surface area contributed by atoms with Crippen molar-refractivity contribution in [3.63, 3.8) is 0 Å². The molecule has 0 spiro atoms. The van der Waals surface area contributed by atoms with Crippen molar-refractivity contribution in [3.05, 3.63) is 6.92 Å². The lowest BCUT2D eigenvalue weighted by atomic mass is 10.0. The Morgan fingerprint density at radius 1 is 0.773 bits per heavy atom. The van der Waals surface area contributed by atoms with Gasteiger partial charge in [0.05, 0.1) is 19.3 Å². The third-order valence-electron chi connectivity index (χ3n) is 4.35. The predicted octanol–water partition coefficient (Wildman–Crippen LogP) is 6.07. The van der Waals surface area contributed by atoms with Crippen molar-refractivity contribution in [1.29, 1.82) is 0 Å². The number of hydrogen-bond donors (Lipinski definition) is 1. The van der Waals surface area contributed by atoms with Gasteiger partial charge in [0, 0.05) is 0 Å². The van der Waals surface area contributed by atoms with Crippen LogP contribution in [-0.2, 0) is 4.74 Å². The summed E-state index contributed by atoms with van der Waals surface area (Å²) in [5.74, 6) is 0. The Kier molecular flexibility index (Phi) is 18.9. The van der Waals surface area contributed by atoms with Gasteiger partial charge in [-0.3, -0.25) is 0 Å². The van der Waals surface area contributed by atoms with E-state index in [9.17, 15) is 0 Å². The van der Waals surface area contributed by atoms with E-state index in [2.05, 4.69) is 13.8 Å². The fraction of sp³-hybridized carbons (Fsp3) is 0.950. The molecule has 1 atom stereocenters. The molecule has 0 heterocycles. The average molecular weight is 314 g/mol. The van der Waals surface area contributed by atoms with Gasteiger partial charge in [-0.2, -0.15) is 0 Å². The minimum absolute atomic E-state index is 0.152. The Morgan fingerprint density at radius 3 is 1.77 bits per heavy atom. The second-order valence-corrected chi connectivity index (χ2v) is 6.54. The SMILES string of the molecule is [CH2]CCCCCCCCCCC(CCCCCC)OCCO. The van der Waals surface area contributed by atoms with Crippen LogP contribution in [0, 0.1) is 6.92 Å². The van der Waals surface area contributed by atoms with Crippen molar-refractivity contribution in [3.8, 4) is 0 Å². The molecule has 0 bridgehead atoms. The Morgan fingerprint density at radius 2 is 1.27 bits per heavy atom. The molecule has 1 radical (unpaired) electrons. The second kappa shape index (κ2) is 19.0. The Labute approximate surface area is 140 Å². The fourth-order valence-corrected chi connectivity index (χ4v) is 2.94. The van der Waals surface area contributed by atoms with E-state index in [4.69, 9.17) is 9.84 Å². The number of unbranched alkanes of at least 4 members (excludes halogenated alkanes) is 11. The van der Waals surface area contributed by atoms with Crippen LogP contribution in [0.25, 0.3) is 0 Å². The Hall–Kier alpha value is -0.0800.